The fourth-order valence-electron chi connectivity index (χ4n) is 4.59. The first-order chi connectivity index (χ1) is 20.9. The van der Waals surface area contributed by atoms with Gasteiger partial charge in [0.2, 0.25) is 5.91 Å². The lowest BCUT2D eigenvalue weighted by Gasteiger charge is -2.35. The first-order valence-electron chi connectivity index (χ1n) is 15.0. The second-order valence-corrected chi connectivity index (χ2v) is 11.1. The summed E-state index contributed by atoms with van der Waals surface area (Å²) in [5.41, 5.74) is 4.60. The number of aldehydes is 1. The summed E-state index contributed by atoms with van der Waals surface area (Å²) in [4.78, 5) is 77.1. The van der Waals surface area contributed by atoms with Gasteiger partial charge < -0.3 is 25.4 Å². The standard InChI is InChI=1S/C27H50N8O9/c1-21(2)5-3-4-7-29-27(44)31-30-23(37)6-8-28-22(20-36)35-15-13-33(18-25(40)41)11-9-32(17-24(38)39)10-12-34(14-16-35)19-26(42)43/h20-22,28H,3-19H2,1-2H3,(H,30,37)(H,38,39)(H,40,41)(H,42,43)(H2,29,31,44). The molecule has 7 N–H and O–H groups in total. The van der Waals surface area contributed by atoms with Crippen molar-refractivity contribution in [3.8, 4) is 0 Å². The Balaban J connectivity index is 2.74. The molecule has 0 aromatic rings. The highest BCUT2D eigenvalue weighted by molar-refractivity contribution is 5.81. The van der Waals surface area contributed by atoms with Gasteiger partial charge in [0, 0.05) is 71.9 Å². The van der Waals surface area contributed by atoms with Gasteiger partial charge in [0.1, 0.15) is 6.17 Å². The molecule has 0 aromatic carbocycles. The Bertz CT molecular complexity index is 892. The predicted octanol–water partition coefficient (Wildman–Crippen LogP) is -1.88. The quantitative estimate of drug-likeness (QED) is 0.0531. The number of carbonyl (C=O) groups is 6. The van der Waals surface area contributed by atoms with Gasteiger partial charge in [-0.2, -0.15) is 0 Å². The zero-order valence-corrected chi connectivity index (χ0v) is 25.8. The fourth-order valence-corrected chi connectivity index (χ4v) is 4.59. The van der Waals surface area contributed by atoms with Crippen molar-refractivity contribution in [2.45, 2.75) is 45.7 Å². The summed E-state index contributed by atoms with van der Waals surface area (Å²) in [7, 11) is 0. The van der Waals surface area contributed by atoms with Crippen LogP contribution in [0.2, 0.25) is 0 Å². The minimum absolute atomic E-state index is 0.0530. The Kier molecular flexibility index (Phi) is 19.5. The molecule has 1 aliphatic rings. The number of aliphatic carboxylic acids is 3. The molecule has 17 heteroatoms. The summed E-state index contributed by atoms with van der Waals surface area (Å²) in [5.74, 6) is -3.02. The van der Waals surface area contributed by atoms with Crippen molar-refractivity contribution < 1.29 is 44.1 Å². The molecule has 1 heterocycles. The van der Waals surface area contributed by atoms with Crippen LogP contribution < -0.4 is 21.5 Å². The average Bonchev–Trinajstić information content (AvgIpc) is 2.93. The largest absolute Gasteiger partial charge is 0.480 e. The van der Waals surface area contributed by atoms with Crippen molar-refractivity contribution in [3.05, 3.63) is 0 Å². The smallest absolute Gasteiger partial charge is 0.333 e. The Morgan fingerprint density at radius 1 is 0.705 bits per heavy atom. The molecule has 0 aliphatic carbocycles. The predicted molar refractivity (Wildman–Crippen MR) is 160 cm³/mol. The van der Waals surface area contributed by atoms with E-state index in [9.17, 15) is 44.1 Å². The molecule has 0 aromatic heterocycles. The number of nitrogens with zero attached hydrogens (tertiary/aromatic N) is 4. The summed E-state index contributed by atoms with van der Waals surface area (Å²) in [6.45, 7) is 6.02. The van der Waals surface area contributed by atoms with Gasteiger partial charge in [0.15, 0.2) is 6.29 Å². The van der Waals surface area contributed by atoms with Crippen molar-refractivity contribution in [2.75, 3.05) is 85.1 Å². The van der Waals surface area contributed by atoms with E-state index in [-0.39, 0.29) is 85.0 Å². The van der Waals surface area contributed by atoms with Crippen LogP contribution in [0.5, 0.6) is 0 Å². The summed E-state index contributed by atoms with van der Waals surface area (Å²) >= 11 is 0. The Labute approximate surface area is 258 Å². The van der Waals surface area contributed by atoms with Gasteiger partial charge in [-0.05, 0) is 12.3 Å². The summed E-state index contributed by atoms with van der Waals surface area (Å²) in [5, 5.41) is 33.7. The van der Waals surface area contributed by atoms with Gasteiger partial charge in [0.05, 0.1) is 19.6 Å². The van der Waals surface area contributed by atoms with Crippen molar-refractivity contribution >= 4 is 36.1 Å². The van der Waals surface area contributed by atoms with Gasteiger partial charge in [-0.1, -0.05) is 26.7 Å². The second kappa shape index (κ2) is 22.2. The van der Waals surface area contributed by atoms with Crippen LogP contribution in [-0.4, -0.2) is 162 Å². The zero-order chi connectivity index (χ0) is 32.9. The first-order valence-corrected chi connectivity index (χ1v) is 15.0. The van der Waals surface area contributed by atoms with E-state index in [1.54, 1.807) is 19.6 Å². The molecule has 0 radical (unpaired) electrons. The minimum atomic E-state index is -1.05. The highest BCUT2D eigenvalue weighted by atomic mass is 16.4. The number of hydrazine groups is 1. The maximum Gasteiger partial charge on any atom is 0.333 e. The van der Waals surface area contributed by atoms with Crippen molar-refractivity contribution in [1.82, 2.24) is 41.1 Å². The Morgan fingerprint density at radius 2 is 1.18 bits per heavy atom. The molecule has 1 aliphatic heterocycles. The third-order valence-corrected chi connectivity index (χ3v) is 6.99. The molecule has 1 atom stereocenters. The van der Waals surface area contributed by atoms with E-state index < -0.39 is 36.0 Å². The number of unbranched alkanes of at least 4 members (excludes halogenated alkanes) is 1. The molecule has 1 fully saturated rings. The fraction of sp³-hybridized carbons (Fsp3) is 0.778. The molecule has 44 heavy (non-hydrogen) atoms. The number of carboxylic acid groups (broad SMARTS) is 3. The maximum atomic E-state index is 12.2. The van der Waals surface area contributed by atoms with E-state index in [0.29, 0.717) is 18.7 Å². The van der Waals surface area contributed by atoms with Gasteiger partial charge in [-0.25, -0.2) is 10.2 Å². The second-order valence-electron chi connectivity index (χ2n) is 11.1. The zero-order valence-electron chi connectivity index (χ0n) is 25.8. The molecule has 1 rings (SSSR count). The van der Waals surface area contributed by atoms with Crippen LogP contribution in [0.3, 0.4) is 0 Å². The number of carboxylic acids is 3. The molecule has 252 valence electrons. The molecule has 0 saturated carbocycles. The number of hydrogen-bond donors (Lipinski definition) is 7. The van der Waals surface area contributed by atoms with Crippen molar-refractivity contribution in [1.29, 1.82) is 0 Å². The van der Waals surface area contributed by atoms with Crippen LogP contribution in [0.1, 0.15) is 39.5 Å². The van der Waals surface area contributed by atoms with Crippen LogP contribution in [-0.2, 0) is 24.0 Å². The molecule has 1 saturated heterocycles. The van der Waals surface area contributed by atoms with E-state index in [0.717, 1.165) is 19.3 Å². The van der Waals surface area contributed by atoms with Gasteiger partial charge in [-0.3, -0.25) is 49.5 Å². The average molecular weight is 631 g/mol. The summed E-state index contributed by atoms with van der Waals surface area (Å²) in [6, 6.07) is -0.524. The minimum Gasteiger partial charge on any atom is -0.480 e. The SMILES string of the molecule is CC(C)CCCCNC(=O)NNC(=O)CCNC(C=O)N1CCN(CC(=O)O)CCN(CC(=O)O)CCN(CC(=O)O)CC1. The number of rotatable bonds is 17. The molecular weight excluding hydrogens is 580 g/mol. The van der Waals surface area contributed by atoms with Crippen LogP contribution in [0, 0.1) is 5.92 Å². The van der Waals surface area contributed by atoms with Gasteiger partial charge in [0.25, 0.3) is 0 Å². The van der Waals surface area contributed by atoms with Crippen molar-refractivity contribution in [2.24, 2.45) is 5.92 Å². The third kappa shape index (κ3) is 19.0. The van der Waals surface area contributed by atoms with Crippen molar-refractivity contribution in [3.63, 3.8) is 0 Å². The van der Waals surface area contributed by atoms with Crippen LogP contribution in [0.25, 0.3) is 0 Å². The number of nitrogens with one attached hydrogen (secondary N) is 4. The topological polar surface area (TPSA) is 224 Å². The highest BCUT2D eigenvalue weighted by Crippen LogP contribution is 2.05. The summed E-state index contributed by atoms with van der Waals surface area (Å²) < 4.78 is 0. The Hall–Kier alpha value is -3.38. The van der Waals surface area contributed by atoms with E-state index in [4.69, 9.17) is 0 Å². The number of carbonyl (C=O) groups excluding carboxylic acids is 3. The molecule has 17 nitrogen and oxygen atoms in total. The van der Waals surface area contributed by atoms with E-state index in [2.05, 4.69) is 35.3 Å². The first kappa shape index (κ1) is 38.6. The molecule has 3 amide bonds. The normalized spacial score (nSPS) is 17.2. The molecule has 0 spiro atoms. The number of amides is 3. The number of hydrogen-bond acceptors (Lipinski definition) is 11. The third-order valence-electron chi connectivity index (χ3n) is 6.99. The van der Waals surface area contributed by atoms with E-state index in [1.165, 1.54) is 0 Å². The Morgan fingerprint density at radius 3 is 1.61 bits per heavy atom. The van der Waals surface area contributed by atoms with Crippen LogP contribution in [0.4, 0.5) is 4.79 Å². The van der Waals surface area contributed by atoms with Crippen LogP contribution >= 0.6 is 0 Å². The summed E-state index contributed by atoms with van der Waals surface area (Å²) in [6.07, 6.45) is 2.65. The lowest BCUT2D eigenvalue weighted by Crippen LogP contribution is -2.54. The van der Waals surface area contributed by atoms with E-state index in [1.807, 2.05) is 0 Å². The maximum absolute atomic E-state index is 12.2. The monoisotopic (exact) mass is 630 g/mol. The highest BCUT2D eigenvalue weighted by Gasteiger charge is 2.23. The van der Waals surface area contributed by atoms with Gasteiger partial charge in [-0.15, -0.1) is 0 Å². The van der Waals surface area contributed by atoms with Crippen LogP contribution in [0.15, 0.2) is 0 Å². The molecule has 0 bridgehead atoms. The molecular formula is C27H50N8O9. The lowest BCUT2D eigenvalue weighted by molar-refractivity contribution is -0.140. The molecule has 1 unspecified atom stereocenters. The van der Waals surface area contributed by atoms with E-state index >= 15 is 0 Å². The number of urea groups is 1. The van der Waals surface area contributed by atoms with Gasteiger partial charge >= 0.3 is 23.9 Å². The lowest BCUT2D eigenvalue weighted by atomic mass is 10.1.